The summed E-state index contributed by atoms with van der Waals surface area (Å²) < 4.78 is 33.8. The lowest BCUT2D eigenvalue weighted by Gasteiger charge is -2.38. The third-order valence-corrected chi connectivity index (χ3v) is 6.82. The predicted octanol–water partition coefficient (Wildman–Crippen LogP) is 2.23. The lowest BCUT2D eigenvalue weighted by atomic mass is 10.1. The number of ether oxygens (including phenoxy) is 1. The second-order valence-corrected chi connectivity index (χ2v) is 9.60. The number of likely N-dealkylation sites (N-methyl/N-ethyl adjacent to an activating group) is 1. The van der Waals surface area contributed by atoms with Crippen LogP contribution in [0.4, 0.5) is 14.5 Å². The number of amides is 2. The molecule has 0 aliphatic carbocycles. The van der Waals surface area contributed by atoms with Crippen LogP contribution in [0.5, 0.6) is 5.75 Å². The molecular weight excluding hydrogens is 550 g/mol. The highest BCUT2D eigenvalue weighted by atomic mass is 35.5. The summed E-state index contributed by atoms with van der Waals surface area (Å²) in [4.78, 5) is 34.2. The summed E-state index contributed by atoms with van der Waals surface area (Å²) in [5, 5.41) is 21.2. The van der Waals surface area contributed by atoms with Crippen molar-refractivity contribution in [2.24, 2.45) is 0 Å². The second kappa shape index (κ2) is 11.5. The molecule has 4 aromatic rings. The van der Waals surface area contributed by atoms with Gasteiger partial charge in [0.2, 0.25) is 5.91 Å². The topological polar surface area (TPSA) is 130 Å². The summed E-state index contributed by atoms with van der Waals surface area (Å²) in [5.74, 6) is -1.06. The van der Waals surface area contributed by atoms with Gasteiger partial charge in [-0.2, -0.15) is 19.0 Å². The Morgan fingerprint density at radius 3 is 2.90 bits per heavy atom. The minimum Gasteiger partial charge on any atom is -0.434 e. The minimum atomic E-state index is -3.12. The molecule has 1 aromatic carbocycles. The molecule has 3 aromatic heterocycles. The van der Waals surface area contributed by atoms with Gasteiger partial charge in [0.05, 0.1) is 24.5 Å². The van der Waals surface area contributed by atoms with Crippen molar-refractivity contribution < 1.29 is 28.2 Å². The van der Waals surface area contributed by atoms with Gasteiger partial charge in [-0.05, 0) is 31.3 Å². The van der Waals surface area contributed by atoms with E-state index in [2.05, 4.69) is 25.2 Å². The largest absolute Gasteiger partial charge is 0.434 e. The molecule has 15 heteroatoms. The summed E-state index contributed by atoms with van der Waals surface area (Å²) in [7, 11) is 1.88. The van der Waals surface area contributed by atoms with E-state index in [4.69, 9.17) is 11.6 Å². The first-order valence-electron chi connectivity index (χ1n) is 12.2. The number of nitrogens with one attached hydrogen (secondary N) is 1. The fourth-order valence-electron chi connectivity index (χ4n) is 4.46. The molecule has 1 aliphatic heterocycles. The van der Waals surface area contributed by atoms with Crippen molar-refractivity contribution in [3.8, 4) is 17.0 Å². The van der Waals surface area contributed by atoms with Crippen LogP contribution >= 0.6 is 11.6 Å². The molecular formula is C25H25ClF2N8O4. The van der Waals surface area contributed by atoms with Gasteiger partial charge in [-0.1, -0.05) is 11.6 Å². The maximum absolute atomic E-state index is 13.3. The molecule has 0 saturated carbocycles. The van der Waals surface area contributed by atoms with Gasteiger partial charge in [-0.3, -0.25) is 19.2 Å². The number of anilines is 1. The summed E-state index contributed by atoms with van der Waals surface area (Å²) in [6.45, 7) is -2.02. The molecule has 1 atom stereocenters. The van der Waals surface area contributed by atoms with Crippen LogP contribution in [0.1, 0.15) is 10.4 Å². The maximum Gasteiger partial charge on any atom is 0.387 e. The summed E-state index contributed by atoms with van der Waals surface area (Å²) >= 11 is 6.17. The van der Waals surface area contributed by atoms with E-state index in [1.165, 1.54) is 46.0 Å². The Balaban J connectivity index is 1.49. The zero-order chi connectivity index (χ0) is 28.4. The standard InChI is InChI=1S/C25H25ClF2N8O4/c1-33-7-8-34(11-16(33)14-37)21(38)13-35-12-19(31-24(39)18-10-30-36-6-2-5-29-23(18)36)22(32-35)17-9-15(26)3-4-20(17)40-25(27)28/h2-6,9-10,12,16,25,37H,7-8,11,13-14H2,1H3,(H,31,39)/t16-/m1/s1. The SMILES string of the molecule is CN1CCN(C(=O)Cn2cc(NC(=O)c3cnn4cccnc34)c(-c3cc(Cl)ccc3OC(F)F)n2)C[C@@H]1CO. The van der Waals surface area contributed by atoms with Gasteiger partial charge in [-0.15, -0.1) is 0 Å². The normalized spacial score (nSPS) is 16.1. The Morgan fingerprint density at radius 2 is 2.12 bits per heavy atom. The fourth-order valence-corrected chi connectivity index (χ4v) is 4.64. The average molecular weight is 575 g/mol. The van der Waals surface area contributed by atoms with Gasteiger partial charge in [0, 0.05) is 48.8 Å². The van der Waals surface area contributed by atoms with E-state index in [0.29, 0.717) is 25.3 Å². The number of nitrogens with zero attached hydrogens (tertiary/aromatic N) is 7. The van der Waals surface area contributed by atoms with Crippen LogP contribution in [-0.2, 0) is 11.3 Å². The van der Waals surface area contributed by atoms with E-state index in [0.717, 1.165) is 0 Å². The Bertz CT molecular complexity index is 1540. The first-order valence-corrected chi connectivity index (χ1v) is 12.6. The van der Waals surface area contributed by atoms with Crippen LogP contribution in [0.25, 0.3) is 16.9 Å². The fraction of sp³-hybridized carbons (Fsp3) is 0.320. The van der Waals surface area contributed by atoms with E-state index >= 15 is 0 Å². The Morgan fingerprint density at radius 1 is 1.30 bits per heavy atom. The van der Waals surface area contributed by atoms with Gasteiger partial charge in [0.1, 0.15) is 23.6 Å². The number of alkyl halides is 2. The molecule has 0 spiro atoms. The monoisotopic (exact) mass is 574 g/mol. The first kappa shape index (κ1) is 27.4. The highest BCUT2D eigenvalue weighted by molar-refractivity contribution is 6.31. The molecule has 2 amide bonds. The number of hydrogen-bond donors (Lipinski definition) is 2. The van der Waals surface area contributed by atoms with Gasteiger partial charge < -0.3 is 20.1 Å². The average Bonchev–Trinajstić information content (AvgIpc) is 3.53. The molecule has 12 nitrogen and oxygen atoms in total. The quantitative estimate of drug-likeness (QED) is 0.328. The van der Waals surface area contributed by atoms with Crippen molar-refractivity contribution in [1.29, 1.82) is 0 Å². The number of halogens is 3. The van der Waals surface area contributed by atoms with E-state index in [1.54, 1.807) is 17.2 Å². The molecule has 0 radical (unpaired) electrons. The van der Waals surface area contributed by atoms with Gasteiger partial charge >= 0.3 is 6.61 Å². The van der Waals surface area contributed by atoms with Crippen LogP contribution in [0, 0.1) is 0 Å². The number of hydrogen-bond acceptors (Lipinski definition) is 8. The highest BCUT2D eigenvalue weighted by Crippen LogP contribution is 2.37. The van der Waals surface area contributed by atoms with Crippen LogP contribution < -0.4 is 10.1 Å². The molecule has 5 rings (SSSR count). The molecule has 210 valence electrons. The number of aromatic nitrogens is 5. The van der Waals surface area contributed by atoms with Crippen LogP contribution in [0.3, 0.4) is 0 Å². The van der Waals surface area contributed by atoms with Crippen LogP contribution in [0.2, 0.25) is 5.02 Å². The third-order valence-electron chi connectivity index (χ3n) is 6.58. The zero-order valence-corrected chi connectivity index (χ0v) is 22.0. The van der Waals surface area contributed by atoms with Crippen molar-refractivity contribution in [3.05, 3.63) is 59.6 Å². The number of carbonyl (C=O) groups is 2. The van der Waals surface area contributed by atoms with Crippen molar-refractivity contribution in [1.82, 2.24) is 34.2 Å². The summed E-state index contributed by atoms with van der Waals surface area (Å²) in [6.07, 6.45) is 5.92. The lowest BCUT2D eigenvalue weighted by molar-refractivity contribution is -0.135. The van der Waals surface area contributed by atoms with E-state index in [1.807, 2.05) is 11.9 Å². The van der Waals surface area contributed by atoms with Gasteiger partial charge in [-0.25, -0.2) is 9.50 Å². The lowest BCUT2D eigenvalue weighted by Crippen LogP contribution is -2.55. The number of benzene rings is 1. The number of rotatable bonds is 8. The summed E-state index contributed by atoms with van der Waals surface area (Å²) in [5.41, 5.74) is 0.753. The predicted molar refractivity (Wildman–Crippen MR) is 140 cm³/mol. The van der Waals surface area contributed by atoms with Crippen molar-refractivity contribution in [3.63, 3.8) is 0 Å². The Labute approximate surface area is 231 Å². The number of piperazine rings is 1. The second-order valence-electron chi connectivity index (χ2n) is 9.16. The number of aliphatic hydroxyl groups is 1. The first-order chi connectivity index (χ1) is 19.2. The van der Waals surface area contributed by atoms with E-state index < -0.39 is 12.5 Å². The van der Waals surface area contributed by atoms with E-state index in [9.17, 15) is 23.5 Å². The van der Waals surface area contributed by atoms with Gasteiger partial charge in [0.25, 0.3) is 5.91 Å². The number of carbonyl (C=O) groups excluding carboxylic acids is 2. The van der Waals surface area contributed by atoms with Crippen molar-refractivity contribution in [2.75, 3.05) is 38.6 Å². The molecule has 4 heterocycles. The Kier molecular flexibility index (Phi) is 7.91. The molecule has 1 saturated heterocycles. The molecule has 1 aliphatic rings. The molecule has 2 N–H and O–H groups in total. The number of aliphatic hydroxyl groups excluding tert-OH is 1. The molecule has 0 bridgehead atoms. The van der Waals surface area contributed by atoms with E-state index in [-0.39, 0.29) is 58.4 Å². The Hall–Kier alpha value is -4.14. The summed E-state index contributed by atoms with van der Waals surface area (Å²) in [6, 6.07) is 5.51. The third kappa shape index (κ3) is 5.73. The van der Waals surface area contributed by atoms with Crippen molar-refractivity contribution >= 4 is 34.7 Å². The molecule has 1 fully saturated rings. The van der Waals surface area contributed by atoms with Gasteiger partial charge in [0.15, 0.2) is 5.65 Å². The van der Waals surface area contributed by atoms with Crippen molar-refractivity contribution in [2.45, 2.75) is 19.2 Å². The van der Waals surface area contributed by atoms with Crippen LogP contribution in [0.15, 0.2) is 49.1 Å². The zero-order valence-electron chi connectivity index (χ0n) is 21.2. The highest BCUT2D eigenvalue weighted by Gasteiger charge is 2.28. The van der Waals surface area contributed by atoms with Crippen LogP contribution in [-0.4, -0.2) is 97.0 Å². The molecule has 40 heavy (non-hydrogen) atoms. The number of fused-ring (bicyclic) bond motifs is 1. The maximum atomic E-state index is 13.3. The molecule has 0 unspecified atom stereocenters. The smallest absolute Gasteiger partial charge is 0.387 e. The minimum absolute atomic E-state index is 0.0651.